The highest BCUT2D eigenvalue weighted by Crippen LogP contribution is 2.23. The molecule has 3 rings (SSSR count). The van der Waals surface area contributed by atoms with Crippen LogP contribution in [0.4, 0.5) is 5.69 Å². The molecule has 32 heavy (non-hydrogen) atoms. The average Bonchev–Trinajstić information content (AvgIpc) is 3.23. The number of carbonyl (C=O) groups excluding carboxylic acids is 2. The number of rotatable bonds is 8. The zero-order chi connectivity index (χ0) is 23.3. The third-order valence-electron chi connectivity index (χ3n) is 5.35. The molecular weight excluding hydrogens is 450 g/mol. The summed E-state index contributed by atoms with van der Waals surface area (Å²) in [6.07, 6.45) is 2.30. The maximum atomic E-state index is 13.0. The molecule has 7 nitrogen and oxygen atoms in total. The van der Waals surface area contributed by atoms with Gasteiger partial charge in [-0.15, -0.1) is 0 Å². The lowest BCUT2D eigenvalue weighted by atomic mass is 10.1. The lowest BCUT2D eigenvalue weighted by Gasteiger charge is -2.24. The maximum Gasteiger partial charge on any atom is 0.261 e. The lowest BCUT2D eigenvalue weighted by molar-refractivity contribution is -0.124. The molecule has 1 atom stereocenters. The Balaban J connectivity index is 1.65. The van der Waals surface area contributed by atoms with Crippen LogP contribution in [0.2, 0.25) is 5.02 Å². The summed E-state index contributed by atoms with van der Waals surface area (Å²) in [5.41, 5.74) is 0.738. The van der Waals surface area contributed by atoms with Gasteiger partial charge in [0, 0.05) is 29.4 Å². The minimum absolute atomic E-state index is 0.0884. The Morgan fingerprint density at radius 2 is 1.75 bits per heavy atom. The Bertz CT molecular complexity index is 1050. The fraction of sp³-hybridized carbons (Fsp3) is 0.391. The Morgan fingerprint density at radius 3 is 2.38 bits per heavy atom. The molecule has 0 radical (unpaired) electrons. The first-order chi connectivity index (χ1) is 15.2. The molecule has 0 aliphatic carbocycles. The smallest absolute Gasteiger partial charge is 0.261 e. The van der Waals surface area contributed by atoms with Gasteiger partial charge in [-0.3, -0.25) is 14.3 Å². The van der Waals surface area contributed by atoms with Crippen LogP contribution in [0.1, 0.15) is 43.5 Å². The summed E-state index contributed by atoms with van der Waals surface area (Å²) >= 11 is 5.81. The number of nitrogens with zero attached hydrogens (tertiary/aromatic N) is 1. The first-order valence-corrected chi connectivity index (χ1v) is 12.5. The van der Waals surface area contributed by atoms with E-state index in [0.29, 0.717) is 41.7 Å². The lowest BCUT2D eigenvalue weighted by Crippen LogP contribution is -2.46. The number of hydrogen-bond acceptors (Lipinski definition) is 4. The molecule has 0 aromatic heterocycles. The van der Waals surface area contributed by atoms with Crippen molar-refractivity contribution in [3.05, 3.63) is 59.1 Å². The topological polar surface area (TPSA) is 95.6 Å². The number of anilines is 1. The van der Waals surface area contributed by atoms with Gasteiger partial charge in [0.25, 0.3) is 15.9 Å². The first-order valence-electron chi connectivity index (χ1n) is 10.6. The zero-order valence-electron chi connectivity index (χ0n) is 18.2. The van der Waals surface area contributed by atoms with Crippen LogP contribution >= 0.6 is 11.6 Å². The summed E-state index contributed by atoms with van der Waals surface area (Å²) in [7, 11) is -3.77. The van der Waals surface area contributed by atoms with Crippen LogP contribution in [-0.2, 0) is 14.8 Å². The molecule has 0 bridgehead atoms. The second-order valence-corrected chi connectivity index (χ2v) is 10.4. The van der Waals surface area contributed by atoms with Crippen LogP contribution in [0.3, 0.4) is 0 Å². The average molecular weight is 478 g/mol. The maximum absolute atomic E-state index is 13.0. The summed E-state index contributed by atoms with van der Waals surface area (Å²) < 4.78 is 27.5. The quantitative estimate of drug-likeness (QED) is 0.602. The van der Waals surface area contributed by atoms with Crippen molar-refractivity contribution in [2.75, 3.05) is 17.8 Å². The Labute approximate surface area is 194 Å². The van der Waals surface area contributed by atoms with Gasteiger partial charge in [0.2, 0.25) is 5.91 Å². The molecule has 2 aromatic rings. The van der Waals surface area contributed by atoms with Crippen molar-refractivity contribution in [2.24, 2.45) is 5.92 Å². The van der Waals surface area contributed by atoms with E-state index >= 15 is 0 Å². The second-order valence-electron chi connectivity index (χ2n) is 8.27. The number of amides is 2. The zero-order valence-corrected chi connectivity index (χ0v) is 19.7. The van der Waals surface area contributed by atoms with Crippen molar-refractivity contribution in [3.8, 4) is 0 Å². The highest BCUT2D eigenvalue weighted by Gasteiger charge is 2.34. The molecule has 1 fully saturated rings. The molecule has 1 aliphatic rings. The Morgan fingerprint density at radius 1 is 1.09 bits per heavy atom. The van der Waals surface area contributed by atoms with Crippen LogP contribution in [-0.4, -0.2) is 44.3 Å². The van der Waals surface area contributed by atoms with Crippen molar-refractivity contribution in [1.82, 2.24) is 10.2 Å². The third kappa shape index (κ3) is 6.01. The van der Waals surface area contributed by atoms with Crippen molar-refractivity contribution in [1.29, 1.82) is 0 Å². The van der Waals surface area contributed by atoms with Crippen LogP contribution in [0.15, 0.2) is 53.4 Å². The second kappa shape index (κ2) is 10.4. The number of benzene rings is 2. The van der Waals surface area contributed by atoms with Gasteiger partial charge in [-0.1, -0.05) is 25.4 Å². The molecular formula is C23H28ClN3O4S. The summed E-state index contributed by atoms with van der Waals surface area (Å²) in [5.74, 6) is 0.134. The molecule has 1 unspecified atom stereocenters. The van der Waals surface area contributed by atoms with Crippen LogP contribution in [0.5, 0.6) is 0 Å². The summed E-state index contributed by atoms with van der Waals surface area (Å²) in [5, 5.41) is 3.37. The van der Waals surface area contributed by atoms with Gasteiger partial charge in [0.15, 0.2) is 0 Å². The van der Waals surface area contributed by atoms with E-state index in [9.17, 15) is 18.0 Å². The van der Waals surface area contributed by atoms with Crippen LogP contribution in [0.25, 0.3) is 0 Å². The molecule has 2 N–H and O–H groups in total. The van der Waals surface area contributed by atoms with Crippen molar-refractivity contribution < 1.29 is 18.0 Å². The van der Waals surface area contributed by atoms with E-state index in [-0.39, 0.29) is 16.7 Å². The van der Waals surface area contributed by atoms with E-state index in [0.717, 1.165) is 12.8 Å². The van der Waals surface area contributed by atoms with Gasteiger partial charge in [0.05, 0.1) is 4.90 Å². The Hall–Kier alpha value is -2.58. The number of nitrogens with one attached hydrogen (secondary N) is 2. The Kier molecular flexibility index (Phi) is 7.79. The standard InChI is InChI=1S/C23H28ClN3O4S/c1-16(2)13-14-25-22(28)21-4-3-15-27(21)23(29)17-5-9-19(10-6-17)26-32(30,31)20-11-7-18(24)8-12-20/h5-12,16,21,26H,3-4,13-15H2,1-2H3,(H,25,28). The predicted molar refractivity (Wildman–Crippen MR) is 125 cm³/mol. The normalized spacial score (nSPS) is 16.2. The molecule has 1 saturated heterocycles. The third-order valence-corrected chi connectivity index (χ3v) is 6.99. The molecule has 0 saturated carbocycles. The predicted octanol–water partition coefficient (Wildman–Crippen LogP) is 3.91. The molecule has 1 heterocycles. The highest BCUT2D eigenvalue weighted by molar-refractivity contribution is 7.92. The molecule has 0 spiro atoms. The number of halogens is 1. The van der Waals surface area contributed by atoms with E-state index in [4.69, 9.17) is 11.6 Å². The van der Waals surface area contributed by atoms with Crippen LogP contribution in [0, 0.1) is 5.92 Å². The van der Waals surface area contributed by atoms with Gasteiger partial charge < -0.3 is 10.2 Å². The minimum Gasteiger partial charge on any atom is -0.354 e. The monoisotopic (exact) mass is 477 g/mol. The summed E-state index contributed by atoms with van der Waals surface area (Å²) in [6.45, 7) is 5.30. The fourth-order valence-corrected chi connectivity index (χ4v) is 4.74. The van der Waals surface area contributed by atoms with E-state index in [1.807, 2.05) is 0 Å². The van der Waals surface area contributed by atoms with Gasteiger partial charge in [-0.25, -0.2) is 8.42 Å². The molecule has 2 amide bonds. The van der Waals surface area contributed by atoms with Crippen molar-refractivity contribution in [2.45, 2.75) is 44.0 Å². The fourth-order valence-electron chi connectivity index (χ4n) is 3.56. The molecule has 1 aliphatic heterocycles. The number of carbonyl (C=O) groups is 2. The number of hydrogen-bond donors (Lipinski definition) is 2. The molecule has 172 valence electrons. The van der Waals surface area contributed by atoms with E-state index in [1.54, 1.807) is 17.0 Å². The molecule has 2 aromatic carbocycles. The summed E-state index contributed by atoms with van der Waals surface area (Å²) in [6, 6.07) is 11.6. The van der Waals surface area contributed by atoms with Gasteiger partial charge in [-0.05, 0) is 73.7 Å². The number of likely N-dealkylation sites (tertiary alicyclic amines) is 1. The SMILES string of the molecule is CC(C)CCNC(=O)C1CCCN1C(=O)c1ccc(NS(=O)(=O)c2ccc(Cl)cc2)cc1. The highest BCUT2D eigenvalue weighted by atomic mass is 35.5. The van der Waals surface area contributed by atoms with E-state index in [1.165, 1.54) is 36.4 Å². The number of sulfonamides is 1. The van der Waals surface area contributed by atoms with Gasteiger partial charge >= 0.3 is 0 Å². The van der Waals surface area contributed by atoms with Crippen LogP contribution < -0.4 is 10.0 Å². The first kappa shape index (κ1) is 24.1. The van der Waals surface area contributed by atoms with Crippen molar-refractivity contribution in [3.63, 3.8) is 0 Å². The van der Waals surface area contributed by atoms with E-state index < -0.39 is 16.1 Å². The van der Waals surface area contributed by atoms with Gasteiger partial charge in [-0.2, -0.15) is 0 Å². The van der Waals surface area contributed by atoms with Gasteiger partial charge in [0.1, 0.15) is 6.04 Å². The largest absolute Gasteiger partial charge is 0.354 e. The van der Waals surface area contributed by atoms with E-state index in [2.05, 4.69) is 23.9 Å². The van der Waals surface area contributed by atoms with Crippen molar-refractivity contribution >= 4 is 39.1 Å². The minimum atomic E-state index is -3.77. The summed E-state index contributed by atoms with van der Waals surface area (Å²) in [4.78, 5) is 27.2. The molecule has 9 heteroatoms.